The molecule has 1 aliphatic rings. The number of carbonyl (C=O) groups is 1. The van der Waals surface area contributed by atoms with Gasteiger partial charge in [-0.1, -0.05) is 11.6 Å². The number of thiazole rings is 1. The highest BCUT2D eigenvalue weighted by atomic mass is 35.5. The molecule has 0 radical (unpaired) electrons. The molecule has 1 fully saturated rings. The number of hydrogen-bond acceptors (Lipinski definition) is 5. The summed E-state index contributed by atoms with van der Waals surface area (Å²) in [5, 5.41) is 6.67. The smallest absolute Gasteiger partial charge is 0.287 e. The number of ether oxygens (including phenoxy) is 1. The van der Waals surface area contributed by atoms with Crippen molar-refractivity contribution in [3.63, 3.8) is 0 Å². The van der Waals surface area contributed by atoms with Gasteiger partial charge >= 0.3 is 0 Å². The van der Waals surface area contributed by atoms with E-state index in [1.54, 1.807) is 47.7 Å². The molecule has 26 heavy (non-hydrogen) atoms. The molecule has 7 heteroatoms. The van der Waals surface area contributed by atoms with Gasteiger partial charge in [-0.25, -0.2) is 4.98 Å². The number of rotatable bonds is 7. The minimum absolute atomic E-state index is 0.242. The molecule has 2 aromatic heterocycles. The third-order valence-corrected chi connectivity index (χ3v) is 5.31. The fraction of sp³-hybridized carbons (Fsp3) is 0.263. The van der Waals surface area contributed by atoms with Crippen molar-refractivity contribution < 1.29 is 13.9 Å². The van der Waals surface area contributed by atoms with Crippen LogP contribution in [-0.2, 0) is 13.2 Å². The Hall–Kier alpha value is -2.31. The Labute approximate surface area is 160 Å². The first-order chi connectivity index (χ1) is 12.7. The Morgan fingerprint density at radius 2 is 2.08 bits per heavy atom. The lowest BCUT2D eigenvalue weighted by Gasteiger charge is -2.04. The first kappa shape index (κ1) is 17.1. The number of halogens is 1. The molecule has 1 aromatic carbocycles. The van der Waals surface area contributed by atoms with E-state index < -0.39 is 0 Å². The zero-order valence-electron chi connectivity index (χ0n) is 13.9. The van der Waals surface area contributed by atoms with Gasteiger partial charge in [0.1, 0.15) is 18.1 Å². The van der Waals surface area contributed by atoms with Crippen LogP contribution in [0.2, 0.25) is 5.02 Å². The van der Waals surface area contributed by atoms with E-state index in [2.05, 4.69) is 10.3 Å². The fourth-order valence-electron chi connectivity index (χ4n) is 2.44. The molecule has 0 atom stereocenters. The molecule has 0 unspecified atom stereocenters. The van der Waals surface area contributed by atoms with E-state index >= 15 is 0 Å². The lowest BCUT2D eigenvalue weighted by atomic mass is 10.3. The molecule has 1 aliphatic carbocycles. The van der Waals surface area contributed by atoms with Crippen LogP contribution < -0.4 is 10.1 Å². The molecule has 5 nitrogen and oxygen atoms in total. The van der Waals surface area contributed by atoms with Crippen molar-refractivity contribution in [1.82, 2.24) is 10.3 Å². The Morgan fingerprint density at radius 1 is 1.27 bits per heavy atom. The summed E-state index contributed by atoms with van der Waals surface area (Å²) < 4.78 is 11.2. The first-order valence-corrected chi connectivity index (χ1v) is 9.63. The second kappa shape index (κ2) is 7.51. The predicted molar refractivity (Wildman–Crippen MR) is 99.8 cm³/mol. The van der Waals surface area contributed by atoms with Crippen molar-refractivity contribution in [3.05, 3.63) is 69.0 Å². The van der Waals surface area contributed by atoms with Gasteiger partial charge in [0.2, 0.25) is 0 Å². The maximum atomic E-state index is 12.2. The van der Waals surface area contributed by atoms with Crippen molar-refractivity contribution in [2.75, 3.05) is 0 Å². The molecule has 0 aliphatic heterocycles. The molecular weight excluding hydrogens is 372 g/mol. The number of hydrogen-bond donors (Lipinski definition) is 1. The summed E-state index contributed by atoms with van der Waals surface area (Å²) in [4.78, 5) is 16.8. The van der Waals surface area contributed by atoms with Gasteiger partial charge < -0.3 is 14.5 Å². The van der Waals surface area contributed by atoms with Crippen LogP contribution in [0.1, 0.15) is 45.8 Å². The fourth-order valence-corrected chi connectivity index (χ4v) is 3.56. The third-order valence-electron chi connectivity index (χ3n) is 4.01. The summed E-state index contributed by atoms with van der Waals surface area (Å²) in [6.45, 7) is 0.644. The Balaban J connectivity index is 1.28. The minimum atomic E-state index is -0.260. The molecular formula is C19H17ClN2O3S. The first-order valence-electron chi connectivity index (χ1n) is 8.37. The highest BCUT2D eigenvalue weighted by Gasteiger charge is 2.26. The van der Waals surface area contributed by atoms with Crippen LogP contribution in [0.15, 0.2) is 46.2 Å². The summed E-state index contributed by atoms with van der Waals surface area (Å²) in [5.74, 6) is 1.90. The number of nitrogens with one attached hydrogen (secondary N) is 1. The molecule has 4 rings (SSSR count). The topological polar surface area (TPSA) is 64.4 Å². The second-order valence-corrected chi connectivity index (χ2v) is 7.47. The summed E-state index contributed by atoms with van der Waals surface area (Å²) >= 11 is 7.50. The Bertz CT molecular complexity index is 900. The minimum Gasteiger partial charge on any atom is -0.486 e. The predicted octanol–water partition coefficient (Wildman–Crippen LogP) is 4.78. The summed E-state index contributed by atoms with van der Waals surface area (Å²) in [7, 11) is 0. The van der Waals surface area contributed by atoms with Crippen molar-refractivity contribution in [2.45, 2.75) is 31.9 Å². The van der Waals surface area contributed by atoms with Gasteiger partial charge in [-0.3, -0.25) is 4.79 Å². The Morgan fingerprint density at radius 3 is 2.85 bits per heavy atom. The van der Waals surface area contributed by atoms with Gasteiger partial charge in [-0.05, 0) is 49.2 Å². The quantitative estimate of drug-likeness (QED) is 0.632. The van der Waals surface area contributed by atoms with Gasteiger partial charge in [0, 0.05) is 16.3 Å². The van der Waals surface area contributed by atoms with Crippen LogP contribution >= 0.6 is 22.9 Å². The SMILES string of the molecule is O=C(NCc1csc(C2CC2)n1)c1ccc(COc2ccc(Cl)cc2)o1. The van der Waals surface area contributed by atoms with Crippen molar-refractivity contribution in [2.24, 2.45) is 0 Å². The van der Waals surface area contributed by atoms with Gasteiger partial charge in [-0.2, -0.15) is 0 Å². The van der Waals surface area contributed by atoms with Crippen LogP contribution in [0, 0.1) is 0 Å². The van der Waals surface area contributed by atoms with Crippen molar-refractivity contribution >= 4 is 28.8 Å². The lowest BCUT2D eigenvalue weighted by molar-refractivity contribution is 0.0918. The Kier molecular flexibility index (Phi) is 4.95. The maximum Gasteiger partial charge on any atom is 0.287 e. The molecule has 1 amide bonds. The largest absolute Gasteiger partial charge is 0.486 e. The number of benzene rings is 1. The van der Waals surface area contributed by atoms with Crippen LogP contribution in [0.4, 0.5) is 0 Å². The number of nitrogens with zero attached hydrogens (tertiary/aromatic N) is 1. The molecule has 3 aromatic rings. The van der Waals surface area contributed by atoms with Crippen LogP contribution in [0.25, 0.3) is 0 Å². The lowest BCUT2D eigenvalue weighted by Crippen LogP contribution is -2.22. The molecule has 1 saturated carbocycles. The average Bonchev–Trinajstić information content (AvgIpc) is 3.20. The van der Waals surface area contributed by atoms with Crippen LogP contribution in [0.5, 0.6) is 5.75 Å². The molecule has 0 spiro atoms. The molecule has 1 N–H and O–H groups in total. The molecule has 0 saturated heterocycles. The number of amides is 1. The zero-order valence-corrected chi connectivity index (χ0v) is 15.5. The zero-order chi connectivity index (χ0) is 17.9. The van der Waals surface area contributed by atoms with E-state index in [9.17, 15) is 4.79 Å². The number of carbonyl (C=O) groups excluding carboxylic acids is 1. The van der Waals surface area contributed by atoms with Crippen molar-refractivity contribution in [3.8, 4) is 5.75 Å². The van der Waals surface area contributed by atoms with Gasteiger partial charge in [0.25, 0.3) is 5.91 Å². The van der Waals surface area contributed by atoms with E-state index in [-0.39, 0.29) is 18.3 Å². The van der Waals surface area contributed by atoms with E-state index in [1.165, 1.54) is 17.8 Å². The normalized spacial score (nSPS) is 13.6. The van der Waals surface area contributed by atoms with Gasteiger partial charge in [0.05, 0.1) is 17.2 Å². The molecule has 134 valence electrons. The second-order valence-electron chi connectivity index (χ2n) is 6.14. The summed E-state index contributed by atoms with van der Waals surface area (Å²) in [5.41, 5.74) is 0.892. The average molecular weight is 389 g/mol. The highest BCUT2D eigenvalue weighted by molar-refractivity contribution is 7.09. The molecule has 0 bridgehead atoms. The number of furan rings is 1. The summed E-state index contributed by atoms with van der Waals surface area (Å²) in [6.07, 6.45) is 2.46. The molecule has 2 heterocycles. The van der Waals surface area contributed by atoms with E-state index in [0.29, 0.717) is 29.0 Å². The standard InChI is InChI=1S/C19H17ClN2O3S/c20-13-3-5-15(6-4-13)24-10-16-7-8-17(25-16)18(23)21-9-14-11-26-19(22-14)12-1-2-12/h3-8,11-12H,1-2,9-10H2,(H,21,23). The van der Waals surface area contributed by atoms with Crippen molar-refractivity contribution in [1.29, 1.82) is 0 Å². The third kappa shape index (κ3) is 4.26. The van der Waals surface area contributed by atoms with E-state index in [1.807, 2.05) is 5.38 Å². The van der Waals surface area contributed by atoms with Crippen LogP contribution in [-0.4, -0.2) is 10.9 Å². The van der Waals surface area contributed by atoms with Gasteiger partial charge in [-0.15, -0.1) is 11.3 Å². The van der Waals surface area contributed by atoms with Crippen LogP contribution in [0.3, 0.4) is 0 Å². The summed E-state index contributed by atoms with van der Waals surface area (Å²) in [6, 6.07) is 10.5. The number of aromatic nitrogens is 1. The highest BCUT2D eigenvalue weighted by Crippen LogP contribution is 2.41. The maximum absolute atomic E-state index is 12.2. The van der Waals surface area contributed by atoms with E-state index in [0.717, 1.165) is 5.69 Å². The van der Waals surface area contributed by atoms with E-state index in [4.69, 9.17) is 20.8 Å². The van der Waals surface area contributed by atoms with Gasteiger partial charge in [0.15, 0.2) is 5.76 Å². The monoisotopic (exact) mass is 388 g/mol.